The second kappa shape index (κ2) is 46.9. The molecular weight excluding hydrogens is 665 g/mol. The third-order valence-corrected chi connectivity index (χ3v) is 9.99. The third kappa shape index (κ3) is 43.4. The molecule has 0 fully saturated rings. The molecule has 53 heavy (non-hydrogen) atoms. The summed E-state index contributed by atoms with van der Waals surface area (Å²) in [7, 11) is 1.00. The van der Waals surface area contributed by atoms with Crippen LogP contribution in [0.1, 0.15) is 214 Å². The van der Waals surface area contributed by atoms with Crippen LogP contribution in [0.5, 0.6) is 0 Å². The van der Waals surface area contributed by atoms with Crippen molar-refractivity contribution in [3.63, 3.8) is 0 Å². The van der Waals surface area contributed by atoms with Crippen LogP contribution in [0.4, 0.5) is 0 Å². The summed E-state index contributed by atoms with van der Waals surface area (Å²) in [6, 6.07) is 0. The van der Waals surface area contributed by atoms with Crippen molar-refractivity contribution in [2.45, 2.75) is 220 Å². The quantitative estimate of drug-likeness (QED) is 0.0602. The molecule has 0 spiro atoms. The van der Waals surface area contributed by atoms with E-state index < -0.39 is 0 Å². The van der Waals surface area contributed by atoms with Crippen LogP contribution in [0, 0.1) is 0 Å². The zero-order chi connectivity index (χ0) is 39.3. The number of unbranched alkanes of at least 4 members (excludes halogenated alkanes) is 23. The minimum atomic E-state index is -0.0736. The number of hydrogen-bond acceptors (Lipinski definition) is 6. The highest BCUT2D eigenvalue weighted by molar-refractivity contribution is 5.83. The SMILES string of the molecule is CCCCCCCCCCCCCCOCCN(CCOCCCCCCCCCCCCCC)C(=O)CCC(=O)NCCC(C)OCCCC.CO. The number of ether oxygens (including phenoxy) is 3. The van der Waals surface area contributed by atoms with Crippen LogP contribution < -0.4 is 5.32 Å². The fraction of sp³-hybridized carbons (Fsp3) is 0.956. The van der Waals surface area contributed by atoms with Crippen molar-refractivity contribution in [1.82, 2.24) is 10.2 Å². The molecule has 8 heteroatoms. The van der Waals surface area contributed by atoms with Crippen molar-refractivity contribution in [3.8, 4) is 0 Å². The van der Waals surface area contributed by atoms with Crippen LogP contribution in [-0.2, 0) is 23.8 Å². The van der Waals surface area contributed by atoms with Gasteiger partial charge >= 0.3 is 0 Å². The number of aliphatic hydroxyl groups is 1. The highest BCUT2D eigenvalue weighted by Gasteiger charge is 2.15. The molecule has 1 unspecified atom stereocenters. The Balaban J connectivity index is 0. The number of carbonyl (C=O) groups is 2. The van der Waals surface area contributed by atoms with Gasteiger partial charge in [0.1, 0.15) is 0 Å². The zero-order valence-electron chi connectivity index (χ0n) is 36.2. The standard InChI is InChI=1S/C44H88N2O5.CH4O/c1-5-8-11-13-15-17-19-21-23-25-27-29-37-49-40-35-46(44(48)32-31-43(47)45-34-33-42(4)51-39-10-7-3)36-41-50-38-30-28-26-24-22-20-18-16-14-12-9-6-2;1-2/h42H,5-41H2,1-4H3,(H,45,47);2H,1H3. The van der Waals surface area contributed by atoms with E-state index in [2.05, 4.69) is 26.1 Å². The normalized spacial score (nSPS) is 11.7. The summed E-state index contributed by atoms with van der Waals surface area (Å²) in [6.45, 7) is 13.7. The van der Waals surface area contributed by atoms with Gasteiger partial charge in [-0.2, -0.15) is 0 Å². The maximum absolute atomic E-state index is 13.1. The van der Waals surface area contributed by atoms with Crippen molar-refractivity contribution in [2.75, 3.05) is 59.8 Å². The molecule has 1 atom stereocenters. The largest absolute Gasteiger partial charge is 0.400 e. The lowest BCUT2D eigenvalue weighted by molar-refractivity contribution is -0.135. The molecule has 0 bridgehead atoms. The van der Waals surface area contributed by atoms with Gasteiger partial charge in [-0.05, 0) is 32.6 Å². The van der Waals surface area contributed by atoms with Crippen LogP contribution in [0.25, 0.3) is 0 Å². The van der Waals surface area contributed by atoms with Crippen LogP contribution in [-0.4, -0.2) is 87.7 Å². The summed E-state index contributed by atoms with van der Waals surface area (Å²) in [6.07, 6.45) is 35.4. The van der Waals surface area contributed by atoms with Gasteiger partial charge < -0.3 is 29.5 Å². The summed E-state index contributed by atoms with van der Waals surface area (Å²) in [4.78, 5) is 27.4. The Morgan fingerprint density at radius 2 is 0.887 bits per heavy atom. The zero-order valence-corrected chi connectivity index (χ0v) is 36.2. The fourth-order valence-corrected chi connectivity index (χ4v) is 6.40. The Hall–Kier alpha value is -1.22. The van der Waals surface area contributed by atoms with Crippen molar-refractivity contribution >= 4 is 11.8 Å². The smallest absolute Gasteiger partial charge is 0.223 e. The summed E-state index contributed by atoms with van der Waals surface area (Å²) >= 11 is 0. The van der Waals surface area contributed by atoms with Crippen molar-refractivity contribution in [3.05, 3.63) is 0 Å². The molecular formula is C45H92N2O6. The monoisotopic (exact) mass is 757 g/mol. The lowest BCUT2D eigenvalue weighted by Gasteiger charge is -2.23. The van der Waals surface area contributed by atoms with Gasteiger partial charge in [-0.25, -0.2) is 0 Å². The van der Waals surface area contributed by atoms with E-state index in [1.165, 1.54) is 141 Å². The predicted molar refractivity (Wildman–Crippen MR) is 226 cm³/mol. The molecule has 0 aromatic heterocycles. The van der Waals surface area contributed by atoms with Gasteiger partial charge in [0.15, 0.2) is 0 Å². The molecule has 0 radical (unpaired) electrons. The first-order valence-electron chi connectivity index (χ1n) is 22.8. The highest BCUT2D eigenvalue weighted by Crippen LogP contribution is 2.13. The predicted octanol–water partition coefficient (Wildman–Crippen LogP) is 11.4. The number of rotatable bonds is 42. The number of nitrogens with zero attached hydrogens (tertiary/aromatic N) is 1. The second-order valence-electron chi connectivity index (χ2n) is 15.1. The molecule has 2 N–H and O–H groups in total. The van der Waals surface area contributed by atoms with E-state index in [0.29, 0.717) is 32.8 Å². The number of amides is 2. The molecule has 8 nitrogen and oxygen atoms in total. The average molecular weight is 757 g/mol. The highest BCUT2D eigenvalue weighted by atomic mass is 16.5. The van der Waals surface area contributed by atoms with Gasteiger partial charge in [-0.1, -0.05) is 168 Å². The van der Waals surface area contributed by atoms with E-state index in [-0.39, 0.29) is 30.8 Å². The van der Waals surface area contributed by atoms with Crippen LogP contribution in [0.2, 0.25) is 0 Å². The van der Waals surface area contributed by atoms with Crippen LogP contribution in [0.15, 0.2) is 0 Å². The molecule has 0 heterocycles. The van der Waals surface area contributed by atoms with Gasteiger partial charge in [0.05, 0.1) is 19.3 Å². The summed E-state index contributed by atoms with van der Waals surface area (Å²) in [5.74, 6) is -0.0696. The summed E-state index contributed by atoms with van der Waals surface area (Å²) in [5, 5.41) is 9.96. The van der Waals surface area contributed by atoms with Crippen LogP contribution >= 0.6 is 0 Å². The Morgan fingerprint density at radius 3 is 1.28 bits per heavy atom. The second-order valence-corrected chi connectivity index (χ2v) is 15.1. The Morgan fingerprint density at radius 1 is 0.509 bits per heavy atom. The van der Waals surface area contributed by atoms with Gasteiger partial charge in [0.25, 0.3) is 0 Å². The maximum Gasteiger partial charge on any atom is 0.223 e. The molecule has 0 rings (SSSR count). The topological polar surface area (TPSA) is 97.3 Å². The van der Waals surface area contributed by atoms with Gasteiger partial charge in [0, 0.05) is 59.4 Å². The number of carbonyl (C=O) groups excluding carboxylic acids is 2. The van der Waals surface area contributed by atoms with E-state index >= 15 is 0 Å². The van der Waals surface area contributed by atoms with Gasteiger partial charge in [-0.3, -0.25) is 9.59 Å². The average Bonchev–Trinajstić information content (AvgIpc) is 3.17. The van der Waals surface area contributed by atoms with E-state index in [0.717, 1.165) is 59.0 Å². The van der Waals surface area contributed by atoms with E-state index in [1.807, 2.05) is 11.8 Å². The molecule has 2 amide bonds. The van der Waals surface area contributed by atoms with E-state index in [9.17, 15) is 9.59 Å². The number of aliphatic hydroxyl groups excluding tert-OH is 1. The third-order valence-electron chi connectivity index (χ3n) is 9.99. The molecule has 318 valence electrons. The molecule has 0 aromatic rings. The number of nitrogens with one attached hydrogen (secondary N) is 1. The first-order valence-corrected chi connectivity index (χ1v) is 22.8. The molecule has 0 aliphatic carbocycles. The minimum Gasteiger partial charge on any atom is -0.400 e. The molecule has 0 saturated heterocycles. The van der Waals surface area contributed by atoms with Crippen molar-refractivity contribution in [2.24, 2.45) is 0 Å². The van der Waals surface area contributed by atoms with Crippen molar-refractivity contribution < 1.29 is 28.9 Å². The molecule has 0 aromatic carbocycles. The Kier molecular flexibility index (Phi) is 47.7. The molecule has 0 aliphatic heterocycles. The first kappa shape index (κ1) is 53.9. The lowest BCUT2D eigenvalue weighted by Crippen LogP contribution is -2.37. The summed E-state index contributed by atoms with van der Waals surface area (Å²) < 4.78 is 17.7. The van der Waals surface area contributed by atoms with E-state index in [1.54, 1.807) is 0 Å². The maximum atomic E-state index is 13.1. The van der Waals surface area contributed by atoms with Crippen molar-refractivity contribution in [1.29, 1.82) is 0 Å². The fourth-order valence-electron chi connectivity index (χ4n) is 6.40. The Bertz CT molecular complexity index is 691. The van der Waals surface area contributed by atoms with Gasteiger partial charge in [-0.15, -0.1) is 0 Å². The van der Waals surface area contributed by atoms with Gasteiger partial charge in [0.2, 0.25) is 11.8 Å². The molecule has 0 aliphatic rings. The molecule has 0 saturated carbocycles. The number of hydrogen-bond donors (Lipinski definition) is 2. The first-order chi connectivity index (χ1) is 26.0. The lowest BCUT2D eigenvalue weighted by atomic mass is 10.1. The Labute approximate surface area is 330 Å². The minimum absolute atomic E-state index is 0.00402. The van der Waals surface area contributed by atoms with Crippen LogP contribution in [0.3, 0.4) is 0 Å². The van der Waals surface area contributed by atoms with E-state index in [4.69, 9.17) is 19.3 Å². The summed E-state index contributed by atoms with van der Waals surface area (Å²) in [5.41, 5.74) is 0.